The molecule has 134 valence electrons. The van der Waals surface area contributed by atoms with Crippen LogP contribution in [0.1, 0.15) is 36.0 Å². The van der Waals surface area contributed by atoms with E-state index in [0.717, 1.165) is 44.6 Å². The van der Waals surface area contributed by atoms with Gasteiger partial charge in [-0.25, -0.2) is 0 Å². The van der Waals surface area contributed by atoms with Crippen molar-refractivity contribution in [3.63, 3.8) is 0 Å². The van der Waals surface area contributed by atoms with E-state index in [1.807, 2.05) is 12.4 Å². The number of amides is 1. The standard InChI is InChI=1S/C20H28N4O/c1-16-5-2-3-7-19(16)15-24-10-9-18(14-24)11-21-20(25)8-4-6-17-12-22-23-13-17/h2-3,5,7,12-13,18H,4,6,8-11,14-15H2,1H3,(H,21,25)(H,22,23). The highest BCUT2D eigenvalue weighted by Crippen LogP contribution is 2.19. The number of rotatable bonds is 8. The van der Waals surface area contributed by atoms with Gasteiger partial charge in [0, 0.05) is 32.3 Å². The van der Waals surface area contributed by atoms with E-state index in [1.165, 1.54) is 17.5 Å². The number of aromatic amines is 1. The molecule has 0 spiro atoms. The van der Waals surface area contributed by atoms with Crippen LogP contribution in [0.15, 0.2) is 36.7 Å². The highest BCUT2D eigenvalue weighted by molar-refractivity contribution is 5.75. The van der Waals surface area contributed by atoms with Crippen LogP contribution >= 0.6 is 0 Å². The van der Waals surface area contributed by atoms with Crippen molar-refractivity contribution in [2.75, 3.05) is 19.6 Å². The summed E-state index contributed by atoms with van der Waals surface area (Å²) in [5.74, 6) is 0.739. The Kier molecular flexibility index (Phi) is 6.23. The Morgan fingerprint density at radius 3 is 3.08 bits per heavy atom. The van der Waals surface area contributed by atoms with Crippen LogP contribution in [-0.4, -0.2) is 40.6 Å². The third-order valence-corrected chi connectivity index (χ3v) is 5.04. The third-order valence-electron chi connectivity index (χ3n) is 5.04. The van der Waals surface area contributed by atoms with Crippen molar-refractivity contribution in [3.05, 3.63) is 53.3 Å². The van der Waals surface area contributed by atoms with Gasteiger partial charge in [0.25, 0.3) is 0 Å². The maximum absolute atomic E-state index is 12.0. The number of aromatic nitrogens is 2. The van der Waals surface area contributed by atoms with E-state index in [0.29, 0.717) is 12.3 Å². The first-order chi connectivity index (χ1) is 12.2. The lowest BCUT2D eigenvalue weighted by Crippen LogP contribution is -2.30. The Balaban J connectivity index is 1.33. The van der Waals surface area contributed by atoms with Crippen LogP contribution in [0, 0.1) is 12.8 Å². The summed E-state index contributed by atoms with van der Waals surface area (Å²) in [5.41, 5.74) is 3.93. The van der Waals surface area contributed by atoms with E-state index in [4.69, 9.17) is 0 Å². The van der Waals surface area contributed by atoms with Crippen LogP contribution < -0.4 is 5.32 Å². The largest absolute Gasteiger partial charge is 0.356 e. The molecule has 3 rings (SSSR count). The molecule has 2 N–H and O–H groups in total. The molecule has 2 heterocycles. The van der Waals surface area contributed by atoms with Crippen molar-refractivity contribution >= 4 is 5.91 Å². The molecule has 1 aromatic carbocycles. The molecule has 1 unspecified atom stereocenters. The smallest absolute Gasteiger partial charge is 0.220 e. The minimum absolute atomic E-state index is 0.167. The van der Waals surface area contributed by atoms with Crippen LogP contribution in [0.25, 0.3) is 0 Å². The quantitative estimate of drug-likeness (QED) is 0.777. The Hall–Kier alpha value is -2.14. The zero-order chi connectivity index (χ0) is 17.5. The predicted molar refractivity (Wildman–Crippen MR) is 99.1 cm³/mol. The summed E-state index contributed by atoms with van der Waals surface area (Å²) in [6, 6.07) is 8.59. The zero-order valence-corrected chi connectivity index (χ0v) is 15.0. The van der Waals surface area contributed by atoms with Gasteiger partial charge in [-0.15, -0.1) is 0 Å². The number of likely N-dealkylation sites (tertiary alicyclic amines) is 1. The van der Waals surface area contributed by atoms with E-state index in [1.54, 1.807) is 0 Å². The Morgan fingerprint density at radius 1 is 1.40 bits per heavy atom. The molecule has 1 aromatic heterocycles. The molecule has 5 nitrogen and oxygen atoms in total. The van der Waals surface area contributed by atoms with Gasteiger partial charge in [-0.3, -0.25) is 14.8 Å². The van der Waals surface area contributed by atoms with Crippen molar-refractivity contribution in [2.24, 2.45) is 5.92 Å². The minimum Gasteiger partial charge on any atom is -0.356 e. The van der Waals surface area contributed by atoms with Crippen molar-refractivity contribution in [1.29, 1.82) is 0 Å². The molecule has 2 aromatic rings. The van der Waals surface area contributed by atoms with Crippen molar-refractivity contribution in [1.82, 2.24) is 20.4 Å². The van der Waals surface area contributed by atoms with E-state index < -0.39 is 0 Å². The molecule has 1 fully saturated rings. The molecule has 1 aliphatic heterocycles. The highest BCUT2D eigenvalue weighted by Gasteiger charge is 2.23. The number of hydrogen-bond donors (Lipinski definition) is 2. The minimum atomic E-state index is 0.167. The molecule has 1 amide bonds. The second kappa shape index (κ2) is 8.81. The Morgan fingerprint density at radius 2 is 2.28 bits per heavy atom. The fraction of sp³-hybridized carbons (Fsp3) is 0.500. The molecular weight excluding hydrogens is 312 g/mol. The molecule has 0 bridgehead atoms. The van der Waals surface area contributed by atoms with Crippen molar-refractivity contribution in [2.45, 2.75) is 39.2 Å². The third kappa shape index (κ3) is 5.43. The lowest BCUT2D eigenvalue weighted by molar-refractivity contribution is -0.121. The van der Waals surface area contributed by atoms with Crippen LogP contribution in [0.3, 0.4) is 0 Å². The van der Waals surface area contributed by atoms with Crippen molar-refractivity contribution in [3.8, 4) is 0 Å². The lowest BCUT2D eigenvalue weighted by Gasteiger charge is -2.17. The van der Waals surface area contributed by atoms with Crippen LogP contribution in [-0.2, 0) is 17.8 Å². The number of nitrogens with one attached hydrogen (secondary N) is 2. The van der Waals surface area contributed by atoms with Gasteiger partial charge >= 0.3 is 0 Å². The van der Waals surface area contributed by atoms with Crippen LogP contribution in [0.4, 0.5) is 0 Å². The molecule has 5 heteroatoms. The summed E-state index contributed by atoms with van der Waals surface area (Å²) in [7, 11) is 0. The lowest BCUT2D eigenvalue weighted by atomic mass is 10.1. The van der Waals surface area contributed by atoms with E-state index in [-0.39, 0.29) is 5.91 Å². The molecule has 0 radical (unpaired) electrons. The van der Waals surface area contributed by atoms with Crippen LogP contribution in [0.2, 0.25) is 0 Å². The highest BCUT2D eigenvalue weighted by atomic mass is 16.1. The normalized spacial score (nSPS) is 17.7. The van der Waals surface area contributed by atoms with E-state index in [2.05, 4.69) is 51.6 Å². The molecule has 1 saturated heterocycles. The molecule has 1 atom stereocenters. The molecular formula is C20H28N4O. The number of benzene rings is 1. The van der Waals surface area contributed by atoms with Gasteiger partial charge in [0.05, 0.1) is 6.20 Å². The number of aryl methyl sites for hydroxylation is 2. The first kappa shape index (κ1) is 17.7. The van der Waals surface area contributed by atoms with Gasteiger partial charge in [-0.1, -0.05) is 24.3 Å². The van der Waals surface area contributed by atoms with E-state index in [9.17, 15) is 4.79 Å². The first-order valence-electron chi connectivity index (χ1n) is 9.22. The SMILES string of the molecule is Cc1ccccc1CN1CCC(CNC(=O)CCCc2cn[nH]c2)C1. The first-order valence-corrected chi connectivity index (χ1v) is 9.22. The van der Waals surface area contributed by atoms with Gasteiger partial charge in [0.1, 0.15) is 0 Å². The predicted octanol–water partition coefficient (Wildman–Crippen LogP) is 2.68. The van der Waals surface area contributed by atoms with Gasteiger partial charge in [-0.05, 0) is 55.3 Å². The fourth-order valence-electron chi connectivity index (χ4n) is 3.47. The van der Waals surface area contributed by atoms with Gasteiger partial charge in [-0.2, -0.15) is 5.10 Å². The monoisotopic (exact) mass is 340 g/mol. The molecule has 0 aliphatic carbocycles. The summed E-state index contributed by atoms with van der Waals surface area (Å²) in [6.07, 6.45) is 7.23. The van der Waals surface area contributed by atoms with Crippen LogP contribution in [0.5, 0.6) is 0 Å². The summed E-state index contributed by atoms with van der Waals surface area (Å²) in [4.78, 5) is 14.5. The molecule has 1 aliphatic rings. The number of hydrogen-bond acceptors (Lipinski definition) is 3. The number of H-pyrrole nitrogens is 1. The average Bonchev–Trinajstić information content (AvgIpc) is 3.27. The maximum atomic E-state index is 12.0. The van der Waals surface area contributed by atoms with Gasteiger partial charge in [0.15, 0.2) is 0 Å². The zero-order valence-electron chi connectivity index (χ0n) is 15.0. The van der Waals surface area contributed by atoms with Crippen molar-refractivity contribution < 1.29 is 4.79 Å². The molecule has 25 heavy (non-hydrogen) atoms. The summed E-state index contributed by atoms with van der Waals surface area (Å²) < 4.78 is 0. The number of carbonyl (C=O) groups excluding carboxylic acids is 1. The Bertz CT molecular complexity index is 668. The molecule has 0 saturated carbocycles. The number of nitrogens with zero attached hydrogens (tertiary/aromatic N) is 2. The second-order valence-electron chi connectivity index (χ2n) is 7.08. The number of carbonyl (C=O) groups is 1. The van der Waals surface area contributed by atoms with Gasteiger partial charge in [0.2, 0.25) is 5.91 Å². The topological polar surface area (TPSA) is 61.0 Å². The Labute approximate surface area is 149 Å². The maximum Gasteiger partial charge on any atom is 0.220 e. The van der Waals surface area contributed by atoms with E-state index >= 15 is 0 Å². The summed E-state index contributed by atoms with van der Waals surface area (Å²) >= 11 is 0. The average molecular weight is 340 g/mol. The second-order valence-corrected chi connectivity index (χ2v) is 7.08. The summed E-state index contributed by atoms with van der Waals surface area (Å²) in [5, 5.41) is 9.83. The summed E-state index contributed by atoms with van der Waals surface area (Å²) in [6.45, 7) is 6.18. The van der Waals surface area contributed by atoms with Gasteiger partial charge < -0.3 is 5.32 Å². The fourth-order valence-corrected chi connectivity index (χ4v) is 3.47.